The molecular weight excluding hydrogens is 254 g/mol. The largest absolute Gasteiger partial charge is 0.382 e. The Morgan fingerprint density at radius 2 is 1.95 bits per heavy atom. The zero-order chi connectivity index (χ0) is 14.1. The van der Waals surface area contributed by atoms with Crippen molar-refractivity contribution in [1.29, 1.82) is 0 Å². The fourth-order valence-electron chi connectivity index (χ4n) is 2.85. The van der Waals surface area contributed by atoms with E-state index < -0.39 is 0 Å². The number of amides is 2. The lowest BCUT2D eigenvalue weighted by Crippen LogP contribution is -2.24. The molecular formula is C15H19N3O2. The number of hydrogen-bond acceptors (Lipinski definition) is 4. The summed E-state index contributed by atoms with van der Waals surface area (Å²) in [6.07, 6.45) is 3.35. The van der Waals surface area contributed by atoms with Gasteiger partial charge in [0.2, 0.25) is 0 Å². The number of imide groups is 1. The summed E-state index contributed by atoms with van der Waals surface area (Å²) < 4.78 is 0. The summed E-state index contributed by atoms with van der Waals surface area (Å²) in [7, 11) is 1.52. The van der Waals surface area contributed by atoms with Crippen LogP contribution in [0.1, 0.15) is 40.0 Å². The zero-order valence-corrected chi connectivity index (χ0v) is 11.6. The molecule has 2 aliphatic heterocycles. The second-order valence-corrected chi connectivity index (χ2v) is 5.45. The number of carbonyl (C=O) groups is 2. The summed E-state index contributed by atoms with van der Waals surface area (Å²) in [5.41, 5.74) is 1.94. The third-order valence-corrected chi connectivity index (χ3v) is 4.04. The van der Waals surface area contributed by atoms with Crippen molar-refractivity contribution in [2.45, 2.75) is 25.3 Å². The predicted octanol–water partition coefficient (Wildman–Crippen LogP) is 1.47. The molecule has 2 aliphatic rings. The summed E-state index contributed by atoms with van der Waals surface area (Å²) in [5, 5.41) is 6.86. The molecule has 2 heterocycles. The third kappa shape index (κ3) is 2.29. The van der Waals surface area contributed by atoms with Crippen LogP contribution < -0.4 is 10.6 Å². The number of anilines is 1. The minimum atomic E-state index is -0.213. The van der Waals surface area contributed by atoms with E-state index in [0.29, 0.717) is 17.2 Å². The van der Waals surface area contributed by atoms with Crippen LogP contribution >= 0.6 is 0 Å². The molecule has 0 bridgehead atoms. The van der Waals surface area contributed by atoms with Gasteiger partial charge in [0.15, 0.2) is 0 Å². The van der Waals surface area contributed by atoms with Gasteiger partial charge in [0.1, 0.15) is 0 Å². The maximum Gasteiger partial charge on any atom is 0.261 e. The number of carbonyl (C=O) groups excluding carboxylic acids is 2. The second-order valence-electron chi connectivity index (χ2n) is 5.45. The average molecular weight is 273 g/mol. The van der Waals surface area contributed by atoms with Crippen molar-refractivity contribution in [1.82, 2.24) is 10.2 Å². The van der Waals surface area contributed by atoms with Crippen LogP contribution in [0, 0.1) is 0 Å². The van der Waals surface area contributed by atoms with Crippen molar-refractivity contribution in [3.8, 4) is 0 Å². The van der Waals surface area contributed by atoms with Crippen LogP contribution in [0.25, 0.3) is 0 Å². The highest BCUT2D eigenvalue weighted by molar-refractivity contribution is 6.21. The normalized spacial score (nSPS) is 22.6. The summed E-state index contributed by atoms with van der Waals surface area (Å²) in [4.78, 5) is 25.0. The van der Waals surface area contributed by atoms with E-state index in [1.807, 2.05) is 6.07 Å². The van der Waals surface area contributed by atoms with Crippen LogP contribution in [0.15, 0.2) is 18.2 Å². The Labute approximate surface area is 118 Å². The second kappa shape index (κ2) is 5.25. The minimum absolute atomic E-state index is 0.212. The van der Waals surface area contributed by atoms with E-state index in [-0.39, 0.29) is 11.8 Å². The van der Waals surface area contributed by atoms with E-state index in [4.69, 9.17) is 0 Å². The number of nitrogens with one attached hydrogen (secondary N) is 2. The van der Waals surface area contributed by atoms with Crippen molar-refractivity contribution in [2.75, 3.05) is 25.5 Å². The Morgan fingerprint density at radius 3 is 2.80 bits per heavy atom. The van der Waals surface area contributed by atoms with Gasteiger partial charge in [-0.1, -0.05) is 0 Å². The number of nitrogens with zero attached hydrogens (tertiary/aromatic N) is 1. The molecule has 1 aromatic rings. The van der Waals surface area contributed by atoms with E-state index in [1.165, 1.54) is 11.9 Å². The molecule has 1 unspecified atom stereocenters. The number of hydrogen-bond donors (Lipinski definition) is 2. The molecule has 106 valence electrons. The van der Waals surface area contributed by atoms with Crippen molar-refractivity contribution in [3.05, 3.63) is 29.3 Å². The standard InChI is InChI=1S/C15H19N3O2/c1-18-14(19)12-5-4-11(9-13(12)15(18)20)17-10-3-2-7-16-8-6-10/h4-5,9-10,16-17H,2-3,6-8H2,1H3. The Morgan fingerprint density at radius 1 is 1.15 bits per heavy atom. The SMILES string of the molecule is CN1C(=O)c2ccc(NC3CCCNCC3)cc2C1=O. The molecule has 1 fully saturated rings. The highest BCUT2D eigenvalue weighted by Gasteiger charge is 2.32. The molecule has 0 saturated carbocycles. The lowest BCUT2D eigenvalue weighted by Gasteiger charge is -2.17. The summed E-state index contributed by atoms with van der Waals surface area (Å²) in [6.45, 7) is 2.09. The van der Waals surface area contributed by atoms with Crippen LogP contribution in [-0.2, 0) is 0 Å². The first-order valence-electron chi connectivity index (χ1n) is 7.10. The van der Waals surface area contributed by atoms with Gasteiger partial charge in [0.25, 0.3) is 11.8 Å². The first-order valence-corrected chi connectivity index (χ1v) is 7.10. The van der Waals surface area contributed by atoms with Crippen LogP contribution in [-0.4, -0.2) is 42.9 Å². The van der Waals surface area contributed by atoms with Gasteiger partial charge in [-0.2, -0.15) is 0 Å². The Kier molecular flexibility index (Phi) is 3.44. The van der Waals surface area contributed by atoms with Gasteiger partial charge in [0.05, 0.1) is 11.1 Å². The van der Waals surface area contributed by atoms with Gasteiger partial charge < -0.3 is 10.6 Å². The quantitative estimate of drug-likeness (QED) is 0.801. The maximum atomic E-state index is 12.0. The molecule has 20 heavy (non-hydrogen) atoms. The summed E-state index contributed by atoms with van der Waals surface area (Å²) >= 11 is 0. The van der Waals surface area contributed by atoms with Crippen molar-refractivity contribution < 1.29 is 9.59 Å². The van der Waals surface area contributed by atoms with E-state index in [2.05, 4.69) is 10.6 Å². The number of rotatable bonds is 2. The van der Waals surface area contributed by atoms with Gasteiger partial charge in [-0.25, -0.2) is 0 Å². The molecule has 0 radical (unpaired) electrons. The zero-order valence-electron chi connectivity index (χ0n) is 11.6. The highest BCUT2D eigenvalue weighted by Crippen LogP contribution is 2.25. The minimum Gasteiger partial charge on any atom is -0.382 e. The molecule has 5 heteroatoms. The number of benzene rings is 1. The molecule has 2 N–H and O–H groups in total. The third-order valence-electron chi connectivity index (χ3n) is 4.04. The van der Waals surface area contributed by atoms with Gasteiger partial charge in [-0.05, 0) is 50.6 Å². The van der Waals surface area contributed by atoms with E-state index >= 15 is 0 Å². The number of fused-ring (bicyclic) bond motifs is 1. The van der Waals surface area contributed by atoms with Crippen LogP contribution in [0.3, 0.4) is 0 Å². The van der Waals surface area contributed by atoms with Gasteiger partial charge >= 0.3 is 0 Å². The van der Waals surface area contributed by atoms with Crippen LogP contribution in [0.4, 0.5) is 5.69 Å². The molecule has 2 amide bonds. The predicted molar refractivity (Wildman–Crippen MR) is 77.0 cm³/mol. The fraction of sp³-hybridized carbons (Fsp3) is 0.467. The van der Waals surface area contributed by atoms with Gasteiger partial charge in [-0.15, -0.1) is 0 Å². The molecule has 0 spiro atoms. The lowest BCUT2D eigenvalue weighted by molar-refractivity contribution is 0.0693. The first-order chi connectivity index (χ1) is 9.66. The molecule has 0 aromatic heterocycles. The van der Waals surface area contributed by atoms with Crippen molar-refractivity contribution in [3.63, 3.8) is 0 Å². The van der Waals surface area contributed by atoms with Crippen LogP contribution in [0.5, 0.6) is 0 Å². The smallest absolute Gasteiger partial charge is 0.261 e. The topological polar surface area (TPSA) is 61.4 Å². The van der Waals surface area contributed by atoms with Gasteiger partial charge in [0, 0.05) is 18.8 Å². The molecule has 1 aromatic carbocycles. The van der Waals surface area contributed by atoms with Gasteiger partial charge in [-0.3, -0.25) is 14.5 Å². The Balaban J connectivity index is 1.79. The monoisotopic (exact) mass is 273 g/mol. The fourth-order valence-corrected chi connectivity index (χ4v) is 2.85. The van der Waals surface area contributed by atoms with Crippen molar-refractivity contribution >= 4 is 17.5 Å². The lowest BCUT2D eigenvalue weighted by atomic mass is 10.1. The molecule has 3 rings (SSSR count). The van der Waals surface area contributed by atoms with Crippen molar-refractivity contribution in [2.24, 2.45) is 0 Å². The Bertz CT molecular complexity index is 548. The van der Waals surface area contributed by atoms with E-state index in [9.17, 15) is 9.59 Å². The molecule has 1 saturated heterocycles. The molecule has 0 aliphatic carbocycles. The first kappa shape index (κ1) is 13.1. The van der Waals surface area contributed by atoms with E-state index in [0.717, 1.165) is 38.0 Å². The average Bonchev–Trinajstić information content (AvgIpc) is 2.68. The van der Waals surface area contributed by atoms with E-state index in [1.54, 1.807) is 12.1 Å². The maximum absolute atomic E-state index is 12.0. The molecule has 1 atom stereocenters. The Hall–Kier alpha value is -1.88. The summed E-state index contributed by atoms with van der Waals surface area (Å²) in [6, 6.07) is 5.86. The summed E-state index contributed by atoms with van der Waals surface area (Å²) in [5.74, 6) is -0.425. The van der Waals surface area contributed by atoms with Crippen LogP contribution in [0.2, 0.25) is 0 Å². The highest BCUT2D eigenvalue weighted by atomic mass is 16.2. The molecule has 5 nitrogen and oxygen atoms in total.